The van der Waals surface area contributed by atoms with Gasteiger partial charge < -0.3 is 19.5 Å². The Morgan fingerprint density at radius 3 is 2.31 bits per heavy atom. The largest absolute Gasteiger partial charge is 0.445 e. The molecule has 4 rings (SSSR count). The molecule has 0 aliphatic carbocycles. The van der Waals surface area contributed by atoms with E-state index in [1.807, 2.05) is 48.2 Å². The lowest BCUT2D eigenvalue weighted by Crippen LogP contribution is -2.35. The molecule has 0 aliphatic heterocycles. The highest BCUT2D eigenvalue weighted by molar-refractivity contribution is 5.96. The first-order chi connectivity index (χ1) is 16.9. The summed E-state index contributed by atoms with van der Waals surface area (Å²) in [5, 5.41) is 8.51. The van der Waals surface area contributed by atoms with Gasteiger partial charge in [0.1, 0.15) is 6.26 Å². The van der Waals surface area contributed by atoms with Crippen molar-refractivity contribution >= 4 is 5.91 Å². The molecule has 2 aromatic heterocycles. The molecule has 1 atom stereocenters. The van der Waals surface area contributed by atoms with E-state index in [-0.39, 0.29) is 11.8 Å². The molecule has 0 saturated heterocycles. The third-order valence-corrected chi connectivity index (χ3v) is 5.71. The maximum absolute atomic E-state index is 13.4. The van der Waals surface area contributed by atoms with Gasteiger partial charge >= 0.3 is 0 Å². The molecule has 0 saturated carbocycles. The Kier molecular flexibility index (Phi) is 7.41. The lowest BCUT2D eigenvalue weighted by atomic mass is 9.94. The molecule has 2 aromatic carbocycles. The van der Waals surface area contributed by atoms with Gasteiger partial charge in [0.2, 0.25) is 17.7 Å². The molecule has 2 N–H and O–H groups in total. The van der Waals surface area contributed by atoms with Crippen LogP contribution in [0.4, 0.5) is 0 Å². The average Bonchev–Trinajstić information content (AvgIpc) is 3.57. The Hall–Kier alpha value is -3.78. The maximum atomic E-state index is 13.4. The molecule has 8 heteroatoms. The van der Waals surface area contributed by atoms with Gasteiger partial charge in [-0.15, -0.1) is 10.2 Å². The lowest BCUT2D eigenvalue weighted by Gasteiger charge is -2.22. The molecule has 2 heterocycles. The van der Waals surface area contributed by atoms with Gasteiger partial charge in [-0.2, -0.15) is 0 Å². The molecule has 1 unspecified atom stereocenters. The van der Waals surface area contributed by atoms with Crippen molar-refractivity contribution in [1.82, 2.24) is 20.1 Å². The van der Waals surface area contributed by atoms with E-state index in [0.29, 0.717) is 48.0 Å². The summed E-state index contributed by atoms with van der Waals surface area (Å²) < 4.78 is 11.5. The molecule has 35 heavy (non-hydrogen) atoms. The minimum atomic E-state index is -0.857. The van der Waals surface area contributed by atoms with Crippen LogP contribution in [0.1, 0.15) is 55.4 Å². The number of hydrogen-bond donors (Lipinski definition) is 1. The second-order valence-electron chi connectivity index (χ2n) is 8.92. The zero-order valence-electron chi connectivity index (χ0n) is 20.4. The van der Waals surface area contributed by atoms with Crippen LogP contribution in [0.2, 0.25) is 0 Å². The number of nitrogens with zero attached hydrogens (tertiary/aromatic N) is 4. The number of benzene rings is 2. The maximum Gasteiger partial charge on any atom is 0.253 e. The van der Waals surface area contributed by atoms with E-state index in [9.17, 15) is 4.79 Å². The van der Waals surface area contributed by atoms with Crippen molar-refractivity contribution in [2.45, 2.75) is 45.6 Å². The van der Waals surface area contributed by atoms with E-state index in [0.717, 1.165) is 18.4 Å². The molecule has 4 aromatic rings. The molecule has 0 bridgehead atoms. The molecule has 0 aliphatic rings. The van der Waals surface area contributed by atoms with Gasteiger partial charge in [0.05, 0.1) is 11.7 Å². The van der Waals surface area contributed by atoms with Crippen molar-refractivity contribution in [3.8, 4) is 22.9 Å². The van der Waals surface area contributed by atoms with E-state index in [1.54, 1.807) is 18.3 Å². The van der Waals surface area contributed by atoms with E-state index in [2.05, 4.69) is 29.0 Å². The van der Waals surface area contributed by atoms with Gasteiger partial charge in [-0.05, 0) is 49.9 Å². The second kappa shape index (κ2) is 10.7. The van der Waals surface area contributed by atoms with Crippen molar-refractivity contribution in [1.29, 1.82) is 0 Å². The molecular weight excluding hydrogens is 442 g/mol. The van der Waals surface area contributed by atoms with Crippen LogP contribution in [0.5, 0.6) is 0 Å². The van der Waals surface area contributed by atoms with Crippen LogP contribution >= 0.6 is 0 Å². The van der Waals surface area contributed by atoms with Crippen LogP contribution in [-0.2, 0) is 12.0 Å². The quantitative estimate of drug-likeness (QED) is 0.342. The Morgan fingerprint density at radius 1 is 1.00 bits per heavy atom. The number of carbonyl (C=O) groups excluding carboxylic acids is 1. The fraction of sp³-hybridized carbons (Fsp3) is 0.333. The minimum absolute atomic E-state index is 0.0594. The van der Waals surface area contributed by atoms with Gasteiger partial charge in [-0.25, -0.2) is 4.98 Å². The number of amides is 1. The van der Waals surface area contributed by atoms with E-state index in [4.69, 9.17) is 14.6 Å². The van der Waals surface area contributed by atoms with Crippen LogP contribution in [-0.4, -0.2) is 39.1 Å². The molecule has 0 fully saturated rings. The number of nitrogens with two attached hydrogens (primary N) is 1. The fourth-order valence-corrected chi connectivity index (χ4v) is 4.07. The second-order valence-corrected chi connectivity index (χ2v) is 8.92. The third kappa shape index (κ3) is 5.66. The summed E-state index contributed by atoms with van der Waals surface area (Å²) in [6.07, 6.45) is 5.36. The monoisotopic (exact) mass is 473 g/mol. The number of hydrogen-bond acceptors (Lipinski definition) is 7. The van der Waals surface area contributed by atoms with Crippen molar-refractivity contribution in [2.75, 3.05) is 13.1 Å². The standard InChI is InChI=1S/C27H31N5O3/c1-4-12-32(13-5-2)25(33)22-16-20(23-29-11-14-34-23)15-21(17-22)24-30-31-26(35-24)27(3,28)18-19-9-7-6-8-10-19/h6-11,14-17H,4-5,12-13,18,28H2,1-3H3. The van der Waals surface area contributed by atoms with E-state index < -0.39 is 5.54 Å². The summed E-state index contributed by atoms with van der Waals surface area (Å²) in [5.74, 6) is 0.954. The Morgan fingerprint density at radius 2 is 1.69 bits per heavy atom. The zero-order chi connectivity index (χ0) is 24.8. The molecular formula is C27H31N5O3. The Labute approximate surface area is 205 Å². The first-order valence-corrected chi connectivity index (χ1v) is 11.9. The number of aromatic nitrogens is 3. The first-order valence-electron chi connectivity index (χ1n) is 11.9. The van der Waals surface area contributed by atoms with Crippen molar-refractivity contribution < 1.29 is 13.6 Å². The summed E-state index contributed by atoms with van der Waals surface area (Å²) in [4.78, 5) is 19.5. The Balaban J connectivity index is 1.70. The van der Waals surface area contributed by atoms with Gasteiger partial charge in [-0.3, -0.25) is 4.79 Å². The minimum Gasteiger partial charge on any atom is -0.445 e. The fourth-order valence-electron chi connectivity index (χ4n) is 4.07. The van der Waals surface area contributed by atoms with E-state index in [1.165, 1.54) is 6.26 Å². The summed E-state index contributed by atoms with van der Waals surface area (Å²) in [6.45, 7) is 7.35. The molecule has 1 amide bonds. The highest BCUT2D eigenvalue weighted by Gasteiger charge is 2.29. The summed E-state index contributed by atoms with van der Waals surface area (Å²) in [6, 6.07) is 15.3. The summed E-state index contributed by atoms with van der Waals surface area (Å²) in [7, 11) is 0. The van der Waals surface area contributed by atoms with Crippen molar-refractivity contribution in [3.05, 3.63) is 78.0 Å². The molecule has 0 spiro atoms. The highest BCUT2D eigenvalue weighted by Crippen LogP contribution is 2.30. The number of carbonyl (C=O) groups is 1. The first kappa shape index (κ1) is 24.3. The predicted octanol–water partition coefficient (Wildman–Crippen LogP) is 5.07. The van der Waals surface area contributed by atoms with Crippen LogP contribution in [0.15, 0.2) is 69.8 Å². The van der Waals surface area contributed by atoms with Crippen molar-refractivity contribution in [2.24, 2.45) is 5.73 Å². The normalized spacial score (nSPS) is 12.9. The third-order valence-electron chi connectivity index (χ3n) is 5.71. The van der Waals surface area contributed by atoms with Crippen LogP contribution < -0.4 is 5.73 Å². The molecule has 8 nitrogen and oxygen atoms in total. The molecule has 182 valence electrons. The van der Waals surface area contributed by atoms with Gasteiger partial charge in [0.15, 0.2) is 0 Å². The average molecular weight is 474 g/mol. The van der Waals surface area contributed by atoms with Crippen LogP contribution in [0.25, 0.3) is 22.9 Å². The summed E-state index contributed by atoms with van der Waals surface area (Å²) in [5.41, 5.74) is 8.56. The smallest absolute Gasteiger partial charge is 0.253 e. The number of rotatable bonds is 10. The van der Waals surface area contributed by atoms with Gasteiger partial charge in [-0.1, -0.05) is 44.2 Å². The topological polar surface area (TPSA) is 111 Å². The van der Waals surface area contributed by atoms with Crippen LogP contribution in [0, 0.1) is 0 Å². The predicted molar refractivity (Wildman–Crippen MR) is 133 cm³/mol. The van der Waals surface area contributed by atoms with Gasteiger partial charge in [0, 0.05) is 29.8 Å². The SMILES string of the molecule is CCCN(CCC)C(=O)c1cc(-c2ncco2)cc(-c2nnc(C(C)(N)Cc3ccccc3)o2)c1. The Bertz CT molecular complexity index is 1240. The van der Waals surface area contributed by atoms with Crippen LogP contribution in [0.3, 0.4) is 0 Å². The zero-order valence-corrected chi connectivity index (χ0v) is 20.4. The lowest BCUT2D eigenvalue weighted by molar-refractivity contribution is 0.0755. The molecule has 0 radical (unpaired) electrons. The number of oxazole rings is 1. The highest BCUT2D eigenvalue weighted by atomic mass is 16.4. The van der Waals surface area contributed by atoms with Gasteiger partial charge in [0.25, 0.3) is 5.91 Å². The van der Waals surface area contributed by atoms with E-state index >= 15 is 0 Å². The van der Waals surface area contributed by atoms with Crippen molar-refractivity contribution in [3.63, 3.8) is 0 Å². The summed E-state index contributed by atoms with van der Waals surface area (Å²) >= 11 is 0.